The Morgan fingerprint density at radius 3 is 2.40 bits per heavy atom. The summed E-state index contributed by atoms with van der Waals surface area (Å²) < 4.78 is 0. The summed E-state index contributed by atoms with van der Waals surface area (Å²) in [5.41, 5.74) is -1.14. The Balaban J connectivity index is 1.98. The van der Waals surface area contributed by atoms with E-state index in [1.165, 1.54) is 0 Å². The van der Waals surface area contributed by atoms with Gasteiger partial charge in [0.15, 0.2) is 0 Å². The number of nitrogens with one attached hydrogen (secondary N) is 1. The van der Waals surface area contributed by atoms with E-state index in [2.05, 4.69) is 5.32 Å². The molecular weight excluding hydrogens is 254 g/mol. The van der Waals surface area contributed by atoms with Crippen LogP contribution in [0.3, 0.4) is 0 Å². The lowest BCUT2D eigenvalue weighted by Gasteiger charge is -2.33. The molecule has 0 spiro atoms. The van der Waals surface area contributed by atoms with Gasteiger partial charge in [-0.2, -0.15) is 0 Å². The topological polar surface area (TPSA) is 63.2 Å². The van der Waals surface area contributed by atoms with E-state index < -0.39 is 16.6 Å². The number of ketones is 2. The molecule has 4 heteroatoms. The van der Waals surface area contributed by atoms with E-state index in [4.69, 9.17) is 0 Å². The van der Waals surface area contributed by atoms with Crippen LogP contribution in [0, 0.1) is 16.7 Å². The lowest BCUT2D eigenvalue weighted by molar-refractivity contribution is -0.147. The van der Waals surface area contributed by atoms with Gasteiger partial charge in [0.25, 0.3) is 0 Å². The van der Waals surface area contributed by atoms with E-state index in [9.17, 15) is 14.4 Å². The minimum atomic E-state index is -1.19. The molecule has 20 heavy (non-hydrogen) atoms. The highest BCUT2D eigenvalue weighted by atomic mass is 16.2. The molecule has 1 aromatic rings. The smallest absolute Gasteiger partial charge is 0.239 e. The summed E-state index contributed by atoms with van der Waals surface area (Å²) >= 11 is 0. The molecule has 2 aliphatic carbocycles. The fourth-order valence-electron chi connectivity index (χ4n) is 3.84. The van der Waals surface area contributed by atoms with E-state index in [-0.39, 0.29) is 17.6 Å². The van der Waals surface area contributed by atoms with Crippen LogP contribution in [0.2, 0.25) is 0 Å². The van der Waals surface area contributed by atoms with E-state index >= 15 is 0 Å². The van der Waals surface area contributed by atoms with Crippen molar-refractivity contribution in [3.05, 3.63) is 30.3 Å². The Bertz CT molecular complexity index is 605. The van der Waals surface area contributed by atoms with Crippen molar-refractivity contribution < 1.29 is 14.4 Å². The van der Waals surface area contributed by atoms with Crippen molar-refractivity contribution in [2.45, 2.75) is 26.7 Å². The van der Waals surface area contributed by atoms with Crippen LogP contribution in [0.5, 0.6) is 0 Å². The summed E-state index contributed by atoms with van der Waals surface area (Å²) in [5, 5.41) is 2.80. The van der Waals surface area contributed by atoms with Gasteiger partial charge in [0, 0.05) is 11.6 Å². The van der Waals surface area contributed by atoms with Crippen LogP contribution in [0.4, 0.5) is 5.69 Å². The number of Topliss-reactive ketones (excluding diaryl/α,β-unsaturated/α-hetero) is 2. The van der Waals surface area contributed by atoms with E-state index in [0.29, 0.717) is 18.5 Å². The number of fused-ring (bicyclic) bond motifs is 2. The Morgan fingerprint density at radius 2 is 1.85 bits per heavy atom. The van der Waals surface area contributed by atoms with Gasteiger partial charge in [0.2, 0.25) is 17.5 Å². The number of rotatable bonds is 2. The summed E-state index contributed by atoms with van der Waals surface area (Å²) in [4.78, 5) is 37.0. The first kappa shape index (κ1) is 13.0. The van der Waals surface area contributed by atoms with E-state index in [0.717, 1.165) is 0 Å². The predicted octanol–water partition coefficient (Wildman–Crippen LogP) is 2.20. The maximum Gasteiger partial charge on any atom is 0.239 e. The number of carbonyl (C=O) groups excluding carboxylic acids is 3. The summed E-state index contributed by atoms with van der Waals surface area (Å²) in [6.07, 6.45) is 1.09. The number of hydrogen-bond acceptors (Lipinski definition) is 3. The SMILES string of the molecule is CC1(C)[C@H]2CC[C@]1(C(=O)Nc1ccccc1)C(=O)C2=O. The Labute approximate surface area is 117 Å². The fourth-order valence-corrected chi connectivity index (χ4v) is 3.84. The standard InChI is InChI=1S/C16H17NO3/c1-15(2)11-8-9-16(15,13(19)12(11)18)14(20)17-10-6-4-3-5-7-10/h3-7,11H,8-9H2,1-2H3,(H,17,20)/t11-,16+/m0/s1. The summed E-state index contributed by atoms with van der Waals surface area (Å²) in [6, 6.07) is 9.03. The minimum absolute atomic E-state index is 0.309. The Morgan fingerprint density at radius 1 is 1.20 bits per heavy atom. The second-order valence-corrected chi connectivity index (χ2v) is 6.23. The molecule has 2 bridgehead atoms. The highest BCUT2D eigenvalue weighted by Crippen LogP contribution is 2.62. The van der Waals surface area contributed by atoms with Gasteiger partial charge in [-0.3, -0.25) is 14.4 Å². The first-order valence-corrected chi connectivity index (χ1v) is 6.86. The molecule has 0 unspecified atom stereocenters. The molecule has 4 nitrogen and oxygen atoms in total. The Hall–Kier alpha value is -1.97. The van der Waals surface area contributed by atoms with Gasteiger partial charge >= 0.3 is 0 Å². The largest absolute Gasteiger partial charge is 0.325 e. The third kappa shape index (κ3) is 1.39. The van der Waals surface area contributed by atoms with Crippen molar-refractivity contribution in [3.8, 4) is 0 Å². The quantitative estimate of drug-likeness (QED) is 0.662. The molecule has 2 saturated carbocycles. The van der Waals surface area contributed by atoms with Crippen LogP contribution in [-0.4, -0.2) is 17.5 Å². The van der Waals surface area contributed by atoms with E-state index in [1.54, 1.807) is 12.1 Å². The minimum Gasteiger partial charge on any atom is -0.325 e. The molecule has 1 amide bonds. The van der Waals surface area contributed by atoms with Gasteiger partial charge in [0.1, 0.15) is 5.41 Å². The zero-order valence-electron chi connectivity index (χ0n) is 11.6. The molecule has 1 N–H and O–H groups in total. The lowest BCUT2D eigenvalue weighted by atomic mass is 9.68. The first-order valence-electron chi connectivity index (χ1n) is 6.86. The summed E-state index contributed by atoms with van der Waals surface area (Å²) in [5.74, 6) is -1.53. The second-order valence-electron chi connectivity index (χ2n) is 6.23. The highest BCUT2D eigenvalue weighted by Gasteiger charge is 2.72. The van der Waals surface area contributed by atoms with Crippen molar-refractivity contribution >= 4 is 23.2 Å². The molecular formula is C16H17NO3. The number of benzene rings is 1. The summed E-state index contributed by atoms with van der Waals surface area (Å²) in [7, 11) is 0. The molecule has 2 fully saturated rings. The normalized spacial score (nSPS) is 30.6. The van der Waals surface area contributed by atoms with E-state index in [1.807, 2.05) is 32.0 Å². The zero-order valence-corrected chi connectivity index (χ0v) is 11.6. The van der Waals surface area contributed by atoms with Crippen molar-refractivity contribution in [1.82, 2.24) is 0 Å². The molecule has 0 heterocycles. The van der Waals surface area contributed by atoms with Crippen molar-refractivity contribution in [2.24, 2.45) is 16.7 Å². The monoisotopic (exact) mass is 271 g/mol. The van der Waals surface area contributed by atoms with Crippen LogP contribution >= 0.6 is 0 Å². The average molecular weight is 271 g/mol. The molecule has 2 atom stereocenters. The van der Waals surface area contributed by atoms with Crippen molar-refractivity contribution in [3.63, 3.8) is 0 Å². The number of carbonyl (C=O) groups is 3. The van der Waals surface area contributed by atoms with Crippen LogP contribution in [0.1, 0.15) is 26.7 Å². The van der Waals surface area contributed by atoms with Gasteiger partial charge in [-0.15, -0.1) is 0 Å². The molecule has 1 aromatic carbocycles. The van der Waals surface area contributed by atoms with Crippen LogP contribution < -0.4 is 5.32 Å². The fraction of sp³-hybridized carbons (Fsp3) is 0.438. The number of anilines is 1. The predicted molar refractivity (Wildman–Crippen MR) is 74.0 cm³/mol. The molecule has 0 radical (unpaired) electrons. The lowest BCUT2D eigenvalue weighted by Crippen LogP contribution is -2.47. The molecule has 0 saturated heterocycles. The molecule has 104 valence electrons. The molecule has 0 aliphatic heterocycles. The zero-order chi connectivity index (χ0) is 14.5. The average Bonchev–Trinajstić information content (AvgIpc) is 2.76. The van der Waals surface area contributed by atoms with Gasteiger partial charge in [-0.25, -0.2) is 0 Å². The highest BCUT2D eigenvalue weighted by molar-refractivity contribution is 6.48. The third-order valence-electron chi connectivity index (χ3n) is 5.13. The number of amides is 1. The van der Waals surface area contributed by atoms with Gasteiger partial charge in [-0.1, -0.05) is 32.0 Å². The molecule has 3 rings (SSSR count). The maximum atomic E-state index is 12.7. The number of para-hydroxylation sites is 1. The molecule has 0 aromatic heterocycles. The van der Waals surface area contributed by atoms with Crippen molar-refractivity contribution in [1.29, 1.82) is 0 Å². The summed E-state index contributed by atoms with van der Waals surface area (Å²) in [6.45, 7) is 3.72. The Kier molecular flexibility index (Phi) is 2.61. The maximum absolute atomic E-state index is 12.7. The van der Waals surface area contributed by atoms with Gasteiger partial charge < -0.3 is 5.32 Å². The first-order chi connectivity index (χ1) is 9.41. The van der Waals surface area contributed by atoms with Crippen LogP contribution in [0.25, 0.3) is 0 Å². The van der Waals surface area contributed by atoms with Gasteiger partial charge in [-0.05, 0) is 30.4 Å². The molecule has 2 aliphatic rings. The van der Waals surface area contributed by atoms with Gasteiger partial charge in [0.05, 0.1) is 0 Å². The van der Waals surface area contributed by atoms with Crippen LogP contribution in [0.15, 0.2) is 30.3 Å². The number of hydrogen-bond donors (Lipinski definition) is 1. The van der Waals surface area contributed by atoms with Crippen LogP contribution in [-0.2, 0) is 14.4 Å². The second kappa shape index (κ2) is 4.01. The van der Waals surface area contributed by atoms with Crippen molar-refractivity contribution in [2.75, 3.05) is 5.32 Å². The third-order valence-corrected chi connectivity index (χ3v) is 5.13.